The van der Waals surface area contributed by atoms with Crippen molar-refractivity contribution in [2.45, 2.75) is 18.7 Å². The van der Waals surface area contributed by atoms with Crippen LogP contribution in [0.2, 0.25) is 0 Å². The molecule has 0 aliphatic heterocycles. The second kappa shape index (κ2) is 9.79. The summed E-state index contributed by atoms with van der Waals surface area (Å²) in [6.07, 6.45) is 0. The number of esters is 1. The zero-order valence-corrected chi connectivity index (χ0v) is 19.2. The van der Waals surface area contributed by atoms with E-state index in [1.54, 1.807) is 38.1 Å². The molecule has 3 rings (SSSR count). The third-order valence-electron chi connectivity index (χ3n) is 4.25. The van der Waals surface area contributed by atoms with Gasteiger partial charge in [-0.1, -0.05) is 11.3 Å². The quantitative estimate of drug-likeness (QED) is 0.476. The predicted octanol–water partition coefficient (Wildman–Crippen LogP) is 3.69. The molecule has 0 atom stereocenters. The van der Waals surface area contributed by atoms with Crippen LogP contribution in [0.1, 0.15) is 32.6 Å². The van der Waals surface area contributed by atoms with E-state index in [2.05, 4.69) is 15.0 Å². The van der Waals surface area contributed by atoms with Crippen LogP contribution in [0, 0.1) is 6.92 Å². The molecule has 168 valence electrons. The van der Waals surface area contributed by atoms with Crippen molar-refractivity contribution in [1.82, 2.24) is 4.98 Å². The van der Waals surface area contributed by atoms with E-state index in [1.807, 2.05) is 0 Å². The number of anilines is 2. The molecule has 11 heteroatoms. The van der Waals surface area contributed by atoms with E-state index in [4.69, 9.17) is 9.47 Å². The van der Waals surface area contributed by atoms with Gasteiger partial charge in [0.2, 0.25) is 0 Å². The maximum Gasteiger partial charge on any atom is 0.338 e. The Labute approximate surface area is 189 Å². The molecule has 32 heavy (non-hydrogen) atoms. The molecule has 3 aromatic rings. The number of nitrogens with zero attached hydrogens (tertiary/aromatic N) is 1. The standard InChI is InChI=1S/C21H21N3O6S2/c1-4-30-20(26)14-5-7-15(8-6-14)23-19(25)18-13(2)22-21(31-18)24-32(27,28)17-11-9-16(29-3)10-12-17/h5-12H,4H2,1-3H3,(H,22,24)(H,23,25). The molecule has 0 unspecified atom stereocenters. The van der Waals surface area contributed by atoms with E-state index in [-0.39, 0.29) is 21.5 Å². The number of aryl methyl sites for hydroxylation is 1. The highest BCUT2D eigenvalue weighted by atomic mass is 32.2. The number of sulfonamides is 1. The molecule has 0 aliphatic rings. The van der Waals surface area contributed by atoms with Crippen LogP contribution in [-0.2, 0) is 14.8 Å². The normalized spacial score (nSPS) is 11.0. The second-order valence-corrected chi connectivity index (χ2v) is 9.15. The number of rotatable bonds is 8. The fourth-order valence-corrected chi connectivity index (χ4v) is 4.77. The zero-order chi connectivity index (χ0) is 23.3. The summed E-state index contributed by atoms with van der Waals surface area (Å²) in [5.41, 5.74) is 1.22. The Balaban J connectivity index is 1.71. The van der Waals surface area contributed by atoms with E-state index < -0.39 is 21.9 Å². The molecule has 0 fully saturated rings. The van der Waals surface area contributed by atoms with Gasteiger partial charge in [-0.05, 0) is 62.4 Å². The molecular weight excluding hydrogens is 454 g/mol. The number of methoxy groups -OCH3 is 1. The molecule has 0 spiro atoms. The Bertz CT molecular complexity index is 1220. The third-order valence-corrected chi connectivity index (χ3v) is 6.80. The Morgan fingerprint density at radius 3 is 2.31 bits per heavy atom. The summed E-state index contributed by atoms with van der Waals surface area (Å²) in [5, 5.41) is 2.78. The molecular formula is C21H21N3O6S2. The van der Waals surface area contributed by atoms with Crippen molar-refractivity contribution >= 4 is 44.1 Å². The van der Waals surface area contributed by atoms with E-state index in [0.29, 0.717) is 22.7 Å². The third kappa shape index (κ3) is 5.42. The first-order valence-corrected chi connectivity index (χ1v) is 11.8. The summed E-state index contributed by atoms with van der Waals surface area (Å²) >= 11 is 0.918. The van der Waals surface area contributed by atoms with Crippen molar-refractivity contribution in [3.63, 3.8) is 0 Å². The number of aromatic nitrogens is 1. The van der Waals surface area contributed by atoms with Gasteiger partial charge < -0.3 is 14.8 Å². The molecule has 0 saturated heterocycles. The van der Waals surface area contributed by atoms with Gasteiger partial charge in [0.05, 0.1) is 29.9 Å². The van der Waals surface area contributed by atoms with Crippen molar-refractivity contribution in [2.75, 3.05) is 23.8 Å². The van der Waals surface area contributed by atoms with Crippen LogP contribution in [0.5, 0.6) is 5.75 Å². The van der Waals surface area contributed by atoms with Crippen molar-refractivity contribution < 1.29 is 27.5 Å². The van der Waals surface area contributed by atoms with Crippen LogP contribution in [0.25, 0.3) is 0 Å². The van der Waals surface area contributed by atoms with Crippen molar-refractivity contribution in [3.05, 3.63) is 64.7 Å². The fourth-order valence-electron chi connectivity index (χ4n) is 2.67. The molecule has 0 aliphatic carbocycles. The molecule has 0 bridgehead atoms. The zero-order valence-electron chi connectivity index (χ0n) is 17.5. The molecule has 1 amide bonds. The van der Waals surface area contributed by atoms with Crippen LogP contribution in [0.4, 0.5) is 10.8 Å². The molecule has 1 heterocycles. The van der Waals surface area contributed by atoms with Gasteiger partial charge in [0, 0.05) is 5.69 Å². The van der Waals surface area contributed by atoms with E-state index in [9.17, 15) is 18.0 Å². The maximum atomic E-state index is 12.7. The van der Waals surface area contributed by atoms with E-state index in [0.717, 1.165) is 11.3 Å². The minimum absolute atomic E-state index is 0.0406. The lowest BCUT2D eigenvalue weighted by Gasteiger charge is -2.06. The molecule has 2 aromatic carbocycles. The highest BCUT2D eigenvalue weighted by Gasteiger charge is 2.20. The van der Waals surface area contributed by atoms with Gasteiger partial charge >= 0.3 is 5.97 Å². The molecule has 9 nitrogen and oxygen atoms in total. The summed E-state index contributed by atoms with van der Waals surface area (Å²) in [5.74, 6) is -0.362. The topological polar surface area (TPSA) is 124 Å². The number of benzene rings is 2. The average Bonchev–Trinajstić information content (AvgIpc) is 3.13. The summed E-state index contributed by atoms with van der Waals surface area (Å²) < 4.78 is 37.5. The number of nitrogens with one attached hydrogen (secondary N) is 2. The Morgan fingerprint density at radius 2 is 1.72 bits per heavy atom. The molecule has 0 radical (unpaired) electrons. The van der Waals surface area contributed by atoms with Crippen molar-refractivity contribution in [1.29, 1.82) is 0 Å². The fraction of sp³-hybridized carbons (Fsp3) is 0.190. The molecule has 2 N–H and O–H groups in total. The summed E-state index contributed by atoms with van der Waals surface area (Å²) in [7, 11) is -2.39. The SMILES string of the molecule is CCOC(=O)c1ccc(NC(=O)c2sc(NS(=O)(=O)c3ccc(OC)cc3)nc2C)cc1. The first-order chi connectivity index (χ1) is 15.2. The van der Waals surface area contributed by atoms with Crippen LogP contribution in [0.3, 0.4) is 0 Å². The smallest absolute Gasteiger partial charge is 0.338 e. The summed E-state index contributed by atoms with van der Waals surface area (Å²) in [6, 6.07) is 12.1. The molecule has 0 saturated carbocycles. The number of thiazole rings is 1. The number of carbonyl (C=O) groups is 2. The Kier molecular flexibility index (Phi) is 7.11. The predicted molar refractivity (Wildman–Crippen MR) is 121 cm³/mol. The van der Waals surface area contributed by atoms with Crippen LogP contribution in [-0.4, -0.2) is 39.0 Å². The van der Waals surface area contributed by atoms with Crippen LogP contribution in [0.15, 0.2) is 53.4 Å². The number of hydrogen-bond donors (Lipinski definition) is 2. The average molecular weight is 476 g/mol. The highest BCUT2D eigenvalue weighted by Crippen LogP contribution is 2.26. The lowest BCUT2D eigenvalue weighted by atomic mass is 10.2. The van der Waals surface area contributed by atoms with Gasteiger partial charge in [0.1, 0.15) is 10.6 Å². The highest BCUT2D eigenvalue weighted by molar-refractivity contribution is 7.93. The van der Waals surface area contributed by atoms with E-state index in [1.165, 1.54) is 31.4 Å². The lowest BCUT2D eigenvalue weighted by Crippen LogP contribution is -2.12. The van der Waals surface area contributed by atoms with E-state index >= 15 is 0 Å². The first kappa shape index (κ1) is 23.2. The van der Waals surface area contributed by atoms with Crippen LogP contribution < -0.4 is 14.8 Å². The first-order valence-electron chi connectivity index (χ1n) is 9.46. The van der Waals surface area contributed by atoms with Gasteiger partial charge in [0.15, 0.2) is 5.13 Å². The summed E-state index contributed by atoms with van der Waals surface area (Å²) in [6.45, 7) is 3.60. The van der Waals surface area contributed by atoms with Gasteiger partial charge in [-0.3, -0.25) is 9.52 Å². The summed E-state index contributed by atoms with van der Waals surface area (Å²) in [4.78, 5) is 28.8. The van der Waals surface area contributed by atoms with Gasteiger partial charge in [-0.2, -0.15) is 0 Å². The largest absolute Gasteiger partial charge is 0.497 e. The number of carbonyl (C=O) groups excluding carboxylic acids is 2. The lowest BCUT2D eigenvalue weighted by molar-refractivity contribution is 0.0526. The van der Waals surface area contributed by atoms with Gasteiger partial charge in [0.25, 0.3) is 15.9 Å². The molecule has 1 aromatic heterocycles. The maximum absolute atomic E-state index is 12.7. The Hall–Kier alpha value is -3.44. The number of amides is 1. The van der Waals surface area contributed by atoms with Gasteiger partial charge in [-0.25, -0.2) is 18.2 Å². The monoisotopic (exact) mass is 475 g/mol. The van der Waals surface area contributed by atoms with Gasteiger partial charge in [-0.15, -0.1) is 0 Å². The minimum Gasteiger partial charge on any atom is -0.497 e. The Morgan fingerprint density at radius 1 is 1.06 bits per heavy atom. The minimum atomic E-state index is -3.88. The second-order valence-electron chi connectivity index (χ2n) is 6.47. The van der Waals surface area contributed by atoms with Crippen molar-refractivity contribution in [3.8, 4) is 5.75 Å². The number of ether oxygens (including phenoxy) is 2. The number of hydrogen-bond acceptors (Lipinski definition) is 8. The van der Waals surface area contributed by atoms with Crippen LogP contribution >= 0.6 is 11.3 Å². The van der Waals surface area contributed by atoms with Crippen molar-refractivity contribution in [2.24, 2.45) is 0 Å².